The molecule has 0 fully saturated rings. The van der Waals surface area contributed by atoms with Crippen LogP contribution in [-0.4, -0.2) is 13.2 Å². The Morgan fingerprint density at radius 2 is 2.20 bits per heavy atom. The molecule has 0 unspecified atom stereocenters. The topological polar surface area (TPSA) is 21.3 Å². The zero-order valence-corrected chi connectivity index (χ0v) is 12.5. The van der Waals surface area contributed by atoms with Gasteiger partial charge in [-0.3, -0.25) is 0 Å². The third-order valence-electron chi connectivity index (χ3n) is 2.88. The van der Waals surface area contributed by atoms with Crippen molar-refractivity contribution in [3.05, 3.63) is 52.0 Å². The maximum absolute atomic E-state index is 13.5. The molecule has 2 aromatic rings. The SMILES string of the molecule is CCCNCc1cc(F)cc(OCCc2cccs2)c1. The molecule has 0 spiro atoms. The van der Waals surface area contributed by atoms with Gasteiger partial charge in [0.15, 0.2) is 0 Å². The van der Waals surface area contributed by atoms with Crippen LogP contribution in [-0.2, 0) is 13.0 Å². The van der Waals surface area contributed by atoms with Crippen LogP contribution in [0.1, 0.15) is 23.8 Å². The zero-order valence-electron chi connectivity index (χ0n) is 11.7. The molecule has 2 nitrogen and oxygen atoms in total. The van der Waals surface area contributed by atoms with Gasteiger partial charge in [-0.15, -0.1) is 11.3 Å². The van der Waals surface area contributed by atoms with E-state index < -0.39 is 0 Å². The highest BCUT2D eigenvalue weighted by atomic mass is 32.1. The minimum atomic E-state index is -0.244. The lowest BCUT2D eigenvalue weighted by Gasteiger charge is -2.09. The Hall–Kier alpha value is -1.39. The molecule has 2 rings (SSSR count). The fourth-order valence-electron chi connectivity index (χ4n) is 1.94. The van der Waals surface area contributed by atoms with Gasteiger partial charge in [-0.05, 0) is 42.1 Å². The molecule has 0 amide bonds. The average molecular weight is 293 g/mol. The second-order valence-corrected chi connectivity index (χ2v) is 5.68. The van der Waals surface area contributed by atoms with Gasteiger partial charge in [0.05, 0.1) is 6.61 Å². The summed E-state index contributed by atoms with van der Waals surface area (Å²) in [5, 5.41) is 5.31. The van der Waals surface area contributed by atoms with E-state index in [-0.39, 0.29) is 5.82 Å². The number of hydrogen-bond donors (Lipinski definition) is 1. The van der Waals surface area contributed by atoms with E-state index in [1.165, 1.54) is 10.9 Å². The van der Waals surface area contributed by atoms with Crippen molar-refractivity contribution in [2.75, 3.05) is 13.2 Å². The summed E-state index contributed by atoms with van der Waals surface area (Å²) in [7, 11) is 0. The number of benzene rings is 1. The monoisotopic (exact) mass is 293 g/mol. The molecule has 0 saturated heterocycles. The minimum Gasteiger partial charge on any atom is -0.493 e. The van der Waals surface area contributed by atoms with Crippen LogP contribution in [0.4, 0.5) is 4.39 Å². The molecule has 20 heavy (non-hydrogen) atoms. The third kappa shape index (κ3) is 4.94. The summed E-state index contributed by atoms with van der Waals surface area (Å²) in [4.78, 5) is 1.28. The normalized spacial score (nSPS) is 10.7. The molecule has 4 heteroatoms. The van der Waals surface area contributed by atoms with E-state index in [0.717, 1.165) is 24.9 Å². The highest BCUT2D eigenvalue weighted by Gasteiger charge is 2.02. The first-order valence-electron chi connectivity index (χ1n) is 6.93. The van der Waals surface area contributed by atoms with Crippen molar-refractivity contribution in [2.45, 2.75) is 26.3 Å². The lowest BCUT2D eigenvalue weighted by atomic mass is 10.2. The van der Waals surface area contributed by atoms with Gasteiger partial charge in [0, 0.05) is 23.9 Å². The first-order chi connectivity index (χ1) is 9.78. The summed E-state index contributed by atoms with van der Waals surface area (Å²) < 4.78 is 19.2. The van der Waals surface area contributed by atoms with Gasteiger partial charge in [0.2, 0.25) is 0 Å². The molecule has 0 bridgehead atoms. The quantitative estimate of drug-likeness (QED) is 0.743. The fraction of sp³-hybridized carbons (Fsp3) is 0.375. The molecular weight excluding hydrogens is 273 g/mol. The number of hydrogen-bond acceptors (Lipinski definition) is 3. The zero-order chi connectivity index (χ0) is 14.2. The maximum atomic E-state index is 13.5. The van der Waals surface area contributed by atoms with E-state index in [9.17, 15) is 4.39 Å². The third-order valence-corrected chi connectivity index (χ3v) is 3.82. The van der Waals surface area contributed by atoms with E-state index in [0.29, 0.717) is 18.9 Å². The average Bonchev–Trinajstić information content (AvgIpc) is 2.92. The molecule has 0 saturated carbocycles. The Morgan fingerprint density at radius 1 is 1.30 bits per heavy atom. The molecule has 0 aliphatic heterocycles. The van der Waals surface area contributed by atoms with Gasteiger partial charge in [-0.1, -0.05) is 13.0 Å². The van der Waals surface area contributed by atoms with E-state index in [4.69, 9.17) is 4.74 Å². The molecule has 0 aliphatic carbocycles. The van der Waals surface area contributed by atoms with Crippen LogP contribution in [0.25, 0.3) is 0 Å². The largest absolute Gasteiger partial charge is 0.493 e. The van der Waals surface area contributed by atoms with Gasteiger partial charge in [0.25, 0.3) is 0 Å². The first-order valence-corrected chi connectivity index (χ1v) is 7.81. The minimum absolute atomic E-state index is 0.244. The van der Waals surface area contributed by atoms with E-state index in [1.807, 2.05) is 12.1 Å². The Balaban J connectivity index is 1.86. The van der Waals surface area contributed by atoms with Gasteiger partial charge in [-0.2, -0.15) is 0 Å². The summed E-state index contributed by atoms with van der Waals surface area (Å²) >= 11 is 1.71. The number of thiophene rings is 1. The second kappa shape index (κ2) is 8.02. The molecule has 1 N–H and O–H groups in total. The van der Waals surface area contributed by atoms with Gasteiger partial charge < -0.3 is 10.1 Å². The van der Waals surface area contributed by atoms with Crippen LogP contribution in [0.3, 0.4) is 0 Å². The standard InChI is InChI=1S/C16H20FNOS/c1-2-6-18-12-13-9-14(17)11-15(10-13)19-7-5-16-4-3-8-20-16/h3-4,8-11,18H,2,5-7,12H2,1H3. The Morgan fingerprint density at radius 3 is 2.95 bits per heavy atom. The van der Waals surface area contributed by atoms with Gasteiger partial charge in [0.1, 0.15) is 11.6 Å². The number of ether oxygens (including phenoxy) is 1. The number of halogens is 1. The summed E-state index contributed by atoms with van der Waals surface area (Å²) in [6.45, 7) is 4.29. The summed E-state index contributed by atoms with van der Waals surface area (Å²) in [5.41, 5.74) is 0.921. The lowest BCUT2D eigenvalue weighted by Crippen LogP contribution is -2.14. The van der Waals surface area contributed by atoms with Crippen molar-refractivity contribution in [1.29, 1.82) is 0 Å². The van der Waals surface area contributed by atoms with E-state index >= 15 is 0 Å². The highest BCUT2D eigenvalue weighted by Crippen LogP contribution is 2.17. The Bertz CT molecular complexity index is 513. The molecular formula is C16H20FNOS. The lowest BCUT2D eigenvalue weighted by molar-refractivity contribution is 0.321. The first kappa shape index (κ1) is 15.0. The molecule has 1 aromatic heterocycles. The fourth-order valence-corrected chi connectivity index (χ4v) is 2.63. The molecule has 108 valence electrons. The Kier molecular flexibility index (Phi) is 6.02. The van der Waals surface area contributed by atoms with Crippen molar-refractivity contribution in [3.63, 3.8) is 0 Å². The smallest absolute Gasteiger partial charge is 0.127 e. The van der Waals surface area contributed by atoms with Crippen LogP contribution in [0.15, 0.2) is 35.7 Å². The van der Waals surface area contributed by atoms with Gasteiger partial charge >= 0.3 is 0 Å². The summed E-state index contributed by atoms with van der Waals surface area (Å²) in [5.74, 6) is 0.363. The molecule has 0 atom stereocenters. The molecule has 0 aliphatic rings. The van der Waals surface area contributed by atoms with Crippen molar-refractivity contribution in [2.24, 2.45) is 0 Å². The molecule has 0 radical (unpaired) electrons. The highest BCUT2D eigenvalue weighted by molar-refractivity contribution is 7.09. The predicted octanol–water partition coefficient (Wildman–Crippen LogP) is 4.01. The maximum Gasteiger partial charge on any atom is 0.127 e. The number of rotatable bonds is 8. The summed E-state index contributed by atoms with van der Waals surface area (Å²) in [6.07, 6.45) is 1.93. The number of nitrogens with one attached hydrogen (secondary N) is 1. The Labute approximate surface area is 123 Å². The molecule has 1 aromatic carbocycles. The van der Waals surface area contributed by atoms with Crippen molar-refractivity contribution >= 4 is 11.3 Å². The van der Waals surface area contributed by atoms with Crippen molar-refractivity contribution in [1.82, 2.24) is 5.32 Å². The van der Waals surface area contributed by atoms with E-state index in [1.54, 1.807) is 17.4 Å². The van der Waals surface area contributed by atoms with Crippen LogP contribution >= 0.6 is 11.3 Å². The van der Waals surface area contributed by atoms with Crippen molar-refractivity contribution in [3.8, 4) is 5.75 Å². The summed E-state index contributed by atoms with van der Waals surface area (Å²) in [6, 6.07) is 9.01. The van der Waals surface area contributed by atoms with Gasteiger partial charge in [-0.25, -0.2) is 4.39 Å². The second-order valence-electron chi connectivity index (χ2n) is 4.65. The van der Waals surface area contributed by atoms with Crippen LogP contribution < -0.4 is 10.1 Å². The van der Waals surface area contributed by atoms with Crippen LogP contribution in [0, 0.1) is 5.82 Å². The van der Waals surface area contributed by atoms with Crippen LogP contribution in [0.5, 0.6) is 5.75 Å². The van der Waals surface area contributed by atoms with Crippen LogP contribution in [0.2, 0.25) is 0 Å². The molecule has 1 heterocycles. The van der Waals surface area contributed by atoms with Crippen molar-refractivity contribution < 1.29 is 9.13 Å². The van der Waals surface area contributed by atoms with E-state index in [2.05, 4.69) is 23.7 Å². The predicted molar refractivity (Wildman–Crippen MR) is 81.9 cm³/mol.